The Morgan fingerprint density at radius 3 is 3.00 bits per heavy atom. The molecule has 2 rings (SSSR count). The van der Waals surface area contributed by atoms with Crippen LogP contribution in [0.1, 0.15) is 36.9 Å². The average Bonchev–Trinajstić information content (AvgIpc) is 2.65. The van der Waals surface area contributed by atoms with Crippen molar-refractivity contribution in [1.29, 1.82) is 0 Å². The lowest BCUT2D eigenvalue weighted by atomic mass is 9.88. The molecular formula is C12H19NO2S. The van der Waals surface area contributed by atoms with Crippen molar-refractivity contribution in [2.24, 2.45) is 0 Å². The molecule has 1 aliphatic heterocycles. The number of aryl methyl sites for hydroxylation is 1. The minimum absolute atomic E-state index is 0.379. The van der Waals surface area contributed by atoms with Crippen LogP contribution in [0.2, 0.25) is 0 Å². The first-order valence-corrected chi connectivity index (χ1v) is 6.71. The maximum Gasteiger partial charge on any atom is 0.0916 e. The van der Waals surface area contributed by atoms with Crippen LogP contribution in [-0.4, -0.2) is 28.4 Å². The molecule has 1 aliphatic rings. The lowest BCUT2D eigenvalue weighted by Crippen LogP contribution is -2.45. The molecule has 2 heterocycles. The summed E-state index contributed by atoms with van der Waals surface area (Å²) in [5.41, 5.74) is 0.598. The van der Waals surface area contributed by atoms with E-state index in [1.54, 1.807) is 11.3 Å². The second kappa shape index (κ2) is 4.82. The lowest BCUT2D eigenvalue weighted by Gasteiger charge is -2.37. The lowest BCUT2D eigenvalue weighted by molar-refractivity contribution is -0.135. The van der Waals surface area contributed by atoms with Gasteiger partial charge in [0, 0.05) is 18.4 Å². The van der Waals surface area contributed by atoms with Gasteiger partial charge in [-0.05, 0) is 33.1 Å². The molecule has 0 amide bonds. The van der Waals surface area contributed by atoms with Crippen molar-refractivity contribution in [3.8, 4) is 0 Å². The van der Waals surface area contributed by atoms with E-state index in [0.717, 1.165) is 36.6 Å². The minimum Gasteiger partial charge on any atom is -0.390 e. The van der Waals surface area contributed by atoms with Crippen molar-refractivity contribution in [3.05, 3.63) is 16.1 Å². The van der Waals surface area contributed by atoms with Gasteiger partial charge >= 0.3 is 0 Å². The Morgan fingerprint density at radius 2 is 2.44 bits per heavy atom. The second-order valence-corrected chi connectivity index (χ2v) is 5.76. The van der Waals surface area contributed by atoms with E-state index in [-0.39, 0.29) is 5.60 Å². The van der Waals surface area contributed by atoms with Crippen LogP contribution in [0, 0.1) is 6.92 Å². The van der Waals surface area contributed by atoms with Crippen LogP contribution in [0.4, 0.5) is 0 Å². The number of hydrogen-bond donors (Lipinski definition) is 1. The van der Waals surface area contributed by atoms with E-state index in [0.29, 0.717) is 6.42 Å². The van der Waals surface area contributed by atoms with Crippen molar-refractivity contribution >= 4 is 11.3 Å². The maximum absolute atomic E-state index is 10.2. The molecule has 0 bridgehead atoms. The van der Waals surface area contributed by atoms with Crippen LogP contribution >= 0.6 is 11.3 Å². The zero-order chi connectivity index (χ0) is 11.6. The molecule has 0 spiro atoms. The van der Waals surface area contributed by atoms with Crippen LogP contribution in [0.15, 0.2) is 5.38 Å². The predicted octanol–water partition coefficient (Wildman–Crippen LogP) is 2.31. The standard InChI is InChI=1S/C12H19NO2S/c1-9-13-10(8-16-9)7-11(14)12(2)5-3-4-6-15-12/h8,11,14H,3-7H2,1-2H3. The SMILES string of the molecule is Cc1nc(CC(O)C2(C)CCCCO2)cs1. The van der Waals surface area contributed by atoms with Gasteiger partial charge in [-0.2, -0.15) is 0 Å². The summed E-state index contributed by atoms with van der Waals surface area (Å²) in [5.74, 6) is 0. The van der Waals surface area contributed by atoms with Gasteiger partial charge in [0.15, 0.2) is 0 Å². The molecule has 0 saturated carbocycles. The van der Waals surface area contributed by atoms with Crippen LogP contribution in [0.5, 0.6) is 0 Å². The number of hydrogen-bond acceptors (Lipinski definition) is 4. The first kappa shape index (κ1) is 12.0. The van der Waals surface area contributed by atoms with E-state index in [2.05, 4.69) is 4.98 Å². The smallest absolute Gasteiger partial charge is 0.0916 e. The van der Waals surface area contributed by atoms with Gasteiger partial charge in [0.2, 0.25) is 0 Å². The maximum atomic E-state index is 10.2. The Labute approximate surface area is 100 Å². The number of thiazole rings is 1. The van der Waals surface area contributed by atoms with Gasteiger partial charge < -0.3 is 9.84 Å². The summed E-state index contributed by atoms with van der Waals surface area (Å²) in [7, 11) is 0. The molecule has 90 valence electrons. The summed E-state index contributed by atoms with van der Waals surface area (Å²) < 4.78 is 5.73. The van der Waals surface area contributed by atoms with E-state index < -0.39 is 6.10 Å². The van der Waals surface area contributed by atoms with E-state index >= 15 is 0 Å². The summed E-state index contributed by atoms with van der Waals surface area (Å²) in [5, 5.41) is 13.3. The average molecular weight is 241 g/mol. The van der Waals surface area contributed by atoms with Crippen molar-refractivity contribution in [2.75, 3.05) is 6.61 Å². The highest BCUT2D eigenvalue weighted by Gasteiger charge is 2.35. The van der Waals surface area contributed by atoms with Crippen LogP contribution in [0.25, 0.3) is 0 Å². The molecule has 1 fully saturated rings. The molecule has 1 N–H and O–H groups in total. The largest absolute Gasteiger partial charge is 0.390 e. The highest BCUT2D eigenvalue weighted by molar-refractivity contribution is 7.09. The highest BCUT2D eigenvalue weighted by atomic mass is 32.1. The Bertz CT molecular complexity index is 345. The molecule has 0 aromatic carbocycles. The van der Waals surface area contributed by atoms with Crippen molar-refractivity contribution in [3.63, 3.8) is 0 Å². The number of ether oxygens (including phenoxy) is 1. The molecule has 1 aromatic rings. The fraction of sp³-hybridized carbons (Fsp3) is 0.750. The normalized spacial score (nSPS) is 27.9. The molecule has 0 radical (unpaired) electrons. The van der Waals surface area contributed by atoms with Gasteiger partial charge in [0.1, 0.15) is 0 Å². The summed E-state index contributed by atoms with van der Waals surface area (Å²) >= 11 is 1.63. The first-order chi connectivity index (χ1) is 7.60. The summed E-state index contributed by atoms with van der Waals surface area (Å²) in [6.07, 6.45) is 3.34. The summed E-state index contributed by atoms with van der Waals surface area (Å²) in [6.45, 7) is 4.76. The monoisotopic (exact) mass is 241 g/mol. The Kier molecular flexibility index (Phi) is 3.62. The van der Waals surface area contributed by atoms with Crippen LogP contribution in [-0.2, 0) is 11.2 Å². The van der Waals surface area contributed by atoms with Gasteiger partial charge in [-0.1, -0.05) is 0 Å². The quantitative estimate of drug-likeness (QED) is 0.883. The van der Waals surface area contributed by atoms with Gasteiger partial charge in [-0.25, -0.2) is 4.98 Å². The van der Waals surface area contributed by atoms with Gasteiger partial charge in [0.05, 0.1) is 22.4 Å². The molecule has 1 saturated heterocycles. The van der Waals surface area contributed by atoms with Crippen molar-refractivity contribution in [1.82, 2.24) is 4.98 Å². The van der Waals surface area contributed by atoms with Gasteiger partial charge in [-0.15, -0.1) is 11.3 Å². The number of aliphatic hydroxyl groups excluding tert-OH is 1. The number of rotatable bonds is 3. The van der Waals surface area contributed by atoms with Gasteiger partial charge in [-0.3, -0.25) is 0 Å². The second-order valence-electron chi connectivity index (χ2n) is 4.70. The van der Waals surface area contributed by atoms with Crippen molar-refractivity contribution < 1.29 is 9.84 Å². The van der Waals surface area contributed by atoms with Crippen LogP contribution < -0.4 is 0 Å². The van der Waals surface area contributed by atoms with Gasteiger partial charge in [0.25, 0.3) is 0 Å². The summed E-state index contributed by atoms with van der Waals surface area (Å²) in [4.78, 5) is 4.38. The number of aromatic nitrogens is 1. The Hall–Kier alpha value is -0.450. The van der Waals surface area contributed by atoms with Crippen molar-refractivity contribution in [2.45, 2.75) is 51.2 Å². The molecule has 0 aliphatic carbocycles. The molecule has 2 atom stereocenters. The fourth-order valence-electron chi connectivity index (χ4n) is 2.13. The predicted molar refractivity (Wildman–Crippen MR) is 64.8 cm³/mol. The Morgan fingerprint density at radius 1 is 1.62 bits per heavy atom. The summed E-state index contributed by atoms with van der Waals surface area (Å²) in [6, 6.07) is 0. The first-order valence-electron chi connectivity index (χ1n) is 5.83. The van der Waals surface area contributed by atoms with E-state index in [1.165, 1.54) is 0 Å². The number of aliphatic hydroxyl groups is 1. The number of nitrogens with zero attached hydrogens (tertiary/aromatic N) is 1. The van der Waals surface area contributed by atoms with E-state index in [4.69, 9.17) is 4.74 Å². The third kappa shape index (κ3) is 2.62. The topological polar surface area (TPSA) is 42.4 Å². The fourth-order valence-corrected chi connectivity index (χ4v) is 2.76. The van der Waals surface area contributed by atoms with E-state index in [9.17, 15) is 5.11 Å². The van der Waals surface area contributed by atoms with E-state index in [1.807, 2.05) is 19.2 Å². The molecule has 16 heavy (non-hydrogen) atoms. The zero-order valence-electron chi connectivity index (χ0n) is 9.90. The third-order valence-corrected chi connectivity index (χ3v) is 4.10. The third-order valence-electron chi connectivity index (χ3n) is 3.27. The molecule has 3 nitrogen and oxygen atoms in total. The molecule has 1 aromatic heterocycles. The minimum atomic E-state index is -0.450. The molecule has 4 heteroatoms. The molecular weight excluding hydrogens is 222 g/mol. The zero-order valence-corrected chi connectivity index (χ0v) is 10.7. The molecule has 2 unspecified atom stereocenters. The Balaban J connectivity index is 1.98. The highest BCUT2D eigenvalue weighted by Crippen LogP contribution is 2.29. The van der Waals surface area contributed by atoms with Crippen LogP contribution in [0.3, 0.4) is 0 Å².